The normalized spacial score (nSPS) is 34.4. The number of methoxy groups -OCH3 is 2. The third-order valence-electron chi connectivity index (χ3n) is 7.97. The molecule has 0 bridgehead atoms. The maximum absolute atomic E-state index is 12.7. The van der Waals surface area contributed by atoms with Gasteiger partial charge < -0.3 is 24.6 Å². The minimum absolute atomic E-state index is 0.149. The summed E-state index contributed by atoms with van der Waals surface area (Å²) in [4.78, 5) is 12.7. The number of esters is 1. The van der Waals surface area contributed by atoms with E-state index in [-0.39, 0.29) is 29.3 Å². The second-order valence-corrected chi connectivity index (χ2v) is 9.44. The number of aliphatic hydroxyl groups is 1. The number of ether oxygens (including phenoxy) is 3. The quantitative estimate of drug-likeness (QED) is 0.394. The summed E-state index contributed by atoms with van der Waals surface area (Å²) < 4.78 is 16.4. The predicted molar refractivity (Wildman–Crippen MR) is 118 cm³/mol. The number of hydrogen-bond donors (Lipinski definition) is 2. The zero-order chi connectivity index (χ0) is 22.2. The third kappa shape index (κ3) is 3.85. The van der Waals surface area contributed by atoms with Crippen molar-refractivity contribution in [3.05, 3.63) is 35.4 Å². The monoisotopic (exact) mass is 429 g/mol. The van der Waals surface area contributed by atoms with Crippen LogP contribution in [-0.4, -0.2) is 50.6 Å². The first kappa shape index (κ1) is 22.2. The van der Waals surface area contributed by atoms with Gasteiger partial charge in [-0.3, -0.25) is 4.79 Å². The molecule has 6 atom stereocenters. The van der Waals surface area contributed by atoms with E-state index in [1.165, 1.54) is 5.57 Å². The van der Waals surface area contributed by atoms with Gasteiger partial charge >= 0.3 is 5.97 Å². The molecule has 2 N–H and O–H groups in total. The van der Waals surface area contributed by atoms with E-state index in [1.807, 2.05) is 18.2 Å². The largest absolute Gasteiger partial charge is 0.493 e. The molecule has 3 aliphatic rings. The summed E-state index contributed by atoms with van der Waals surface area (Å²) in [5.74, 6) is 1.19. The predicted octanol–water partition coefficient (Wildman–Crippen LogP) is 3.12. The molecule has 6 heteroatoms. The highest BCUT2D eigenvalue weighted by Gasteiger charge is 2.59. The maximum atomic E-state index is 12.7. The van der Waals surface area contributed by atoms with Gasteiger partial charge in [-0.05, 0) is 49.4 Å². The van der Waals surface area contributed by atoms with Gasteiger partial charge in [-0.1, -0.05) is 31.6 Å². The van der Waals surface area contributed by atoms with Crippen LogP contribution in [0.5, 0.6) is 11.5 Å². The average molecular weight is 430 g/mol. The second-order valence-electron chi connectivity index (χ2n) is 9.44. The van der Waals surface area contributed by atoms with Gasteiger partial charge in [0.15, 0.2) is 11.5 Å². The summed E-state index contributed by atoms with van der Waals surface area (Å²) in [6, 6.07) is 5.90. The Labute approximate surface area is 185 Å². The van der Waals surface area contributed by atoms with E-state index >= 15 is 0 Å². The van der Waals surface area contributed by atoms with Gasteiger partial charge in [0.1, 0.15) is 6.10 Å². The fraction of sp³-hybridized carbons (Fsp3) is 0.640. The molecule has 0 radical (unpaired) electrons. The number of carbonyl (C=O) groups is 1. The minimum Gasteiger partial charge on any atom is -0.493 e. The number of aliphatic hydroxyl groups excluding tert-OH is 1. The molecule has 2 fully saturated rings. The number of fused-ring (bicyclic) bond motifs is 2. The summed E-state index contributed by atoms with van der Waals surface area (Å²) in [5, 5.41) is 14.8. The highest BCUT2D eigenvalue weighted by molar-refractivity contribution is 5.76. The Kier molecular flexibility index (Phi) is 6.31. The molecule has 6 nitrogen and oxygen atoms in total. The molecule has 2 aliphatic carbocycles. The van der Waals surface area contributed by atoms with Crippen LogP contribution < -0.4 is 14.8 Å². The van der Waals surface area contributed by atoms with Crippen LogP contribution in [0.15, 0.2) is 29.8 Å². The van der Waals surface area contributed by atoms with Crippen molar-refractivity contribution >= 4 is 5.97 Å². The van der Waals surface area contributed by atoms with Crippen LogP contribution >= 0.6 is 0 Å². The molecule has 1 heterocycles. The van der Waals surface area contributed by atoms with Crippen molar-refractivity contribution in [1.29, 1.82) is 0 Å². The Morgan fingerprint density at radius 2 is 2.03 bits per heavy atom. The Balaban J connectivity index is 1.39. The molecule has 1 saturated heterocycles. The van der Waals surface area contributed by atoms with Crippen LogP contribution in [0.2, 0.25) is 0 Å². The lowest BCUT2D eigenvalue weighted by Gasteiger charge is -2.51. The first-order valence-corrected chi connectivity index (χ1v) is 11.4. The highest BCUT2D eigenvalue weighted by Crippen LogP contribution is 2.55. The van der Waals surface area contributed by atoms with E-state index in [0.29, 0.717) is 24.0 Å². The number of nitrogens with one attached hydrogen (secondary N) is 1. The van der Waals surface area contributed by atoms with Crippen LogP contribution in [0.4, 0.5) is 0 Å². The lowest BCUT2D eigenvalue weighted by Crippen LogP contribution is -2.54. The van der Waals surface area contributed by atoms with E-state index in [2.05, 4.69) is 25.2 Å². The van der Waals surface area contributed by atoms with E-state index in [1.54, 1.807) is 14.2 Å². The lowest BCUT2D eigenvalue weighted by atomic mass is 9.55. The maximum Gasteiger partial charge on any atom is 0.311 e. The third-order valence-corrected chi connectivity index (χ3v) is 7.97. The number of benzene rings is 1. The van der Waals surface area contributed by atoms with Crippen molar-refractivity contribution in [3.63, 3.8) is 0 Å². The Morgan fingerprint density at radius 3 is 2.77 bits per heavy atom. The SMILES string of the molecule is COc1ccc(CCNC[C@@H]2C(=O)O[C@@H]3CC4=CCC[C@H](C)[C@@]4(C)[C@@H](O)[C@H]23)cc1OC. The summed E-state index contributed by atoms with van der Waals surface area (Å²) >= 11 is 0. The van der Waals surface area contributed by atoms with E-state index in [9.17, 15) is 9.90 Å². The molecule has 1 aromatic carbocycles. The molecule has 0 aromatic heterocycles. The Morgan fingerprint density at radius 1 is 1.26 bits per heavy atom. The zero-order valence-electron chi connectivity index (χ0n) is 19.0. The van der Waals surface area contributed by atoms with Crippen molar-refractivity contribution in [2.45, 2.75) is 51.7 Å². The molecule has 0 spiro atoms. The van der Waals surface area contributed by atoms with E-state index in [4.69, 9.17) is 14.2 Å². The van der Waals surface area contributed by atoms with Crippen molar-refractivity contribution in [3.8, 4) is 11.5 Å². The lowest BCUT2D eigenvalue weighted by molar-refractivity contribution is -0.144. The molecule has 1 aliphatic heterocycles. The number of hydrogen-bond acceptors (Lipinski definition) is 6. The van der Waals surface area contributed by atoms with Crippen LogP contribution in [0.1, 0.15) is 38.7 Å². The van der Waals surface area contributed by atoms with Crippen LogP contribution in [0.25, 0.3) is 0 Å². The molecule has 0 unspecified atom stereocenters. The van der Waals surface area contributed by atoms with E-state index in [0.717, 1.165) is 37.8 Å². The first-order chi connectivity index (χ1) is 14.9. The van der Waals surface area contributed by atoms with Crippen LogP contribution in [0, 0.1) is 23.2 Å². The molecule has 1 saturated carbocycles. The summed E-state index contributed by atoms with van der Waals surface area (Å²) in [6.07, 6.45) is 5.20. The topological polar surface area (TPSA) is 77.0 Å². The Bertz CT molecular complexity index is 852. The van der Waals surface area contributed by atoms with Gasteiger partial charge in [-0.15, -0.1) is 0 Å². The molecule has 31 heavy (non-hydrogen) atoms. The molecular weight excluding hydrogens is 394 g/mol. The van der Waals surface area contributed by atoms with Gasteiger partial charge in [-0.2, -0.15) is 0 Å². The van der Waals surface area contributed by atoms with Gasteiger partial charge in [0, 0.05) is 24.3 Å². The van der Waals surface area contributed by atoms with Crippen molar-refractivity contribution in [1.82, 2.24) is 5.32 Å². The van der Waals surface area contributed by atoms with Gasteiger partial charge in [-0.25, -0.2) is 0 Å². The van der Waals surface area contributed by atoms with Gasteiger partial charge in [0.05, 0.1) is 26.2 Å². The summed E-state index contributed by atoms with van der Waals surface area (Å²) in [5.41, 5.74) is 2.15. The molecule has 1 aromatic rings. The van der Waals surface area contributed by atoms with Gasteiger partial charge in [0.25, 0.3) is 0 Å². The minimum atomic E-state index is -0.558. The van der Waals surface area contributed by atoms with Crippen LogP contribution in [-0.2, 0) is 16.0 Å². The number of rotatable bonds is 7. The van der Waals surface area contributed by atoms with Crippen molar-refractivity contribution in [2.75, 3.05) is 27.3 Å². The first-order valence-electron chi connectivity index (χ1n) is 11.4. The fourth-order valence-electron chi connectivity index (χ4n) is 5.82. The number of allylic oxidation sites excluding steroid dienone is 1. The fourth-order valence-corrected chi connectivity index (χ4v) is 5.82. The smallest absolute Gasteiger partial charge is 0.311 e. The number of carbonyl (C=O) groups excluding carboxylic acids is 1. The van der Waals surface area contributed by atoms with Gasteiger partial charge in [0.2, 0.25) is 0 Å². The molecule has 4 rings (SSSR count). The zero-order valence-corrected chi connectivity index (χ0v) is 19.0. The van der Waals surface area contributed by atoms with Crippen molar-refractivity contribution in [2.24, 2.45) is 23.2 Å². The van der Waals surface area contributed by atoms with Crippen LogP contribution in [0.3, 0.4) is 0 Å². The summed E-state index contributed by atoms with van der Waals surface area (Å²) in [6.45, 7) is 5.65. The molecular formula is C25H35NO5. The van der Waals surface area contributed by atoms with E-state index < -0.39 is 6.10 Å². The van der Waals surface area contributed by atoms with Crippen molar-refractivity contribution < 1.29 is 24.1 Å². The molecule has 170 valence electrons. The standard InChI is InChI=1S/C25H35NO5/c1-15-6-5-7-17-13-21-22(23(27)25(15,17)2)18(24(28)31-21)14-26-11-10-16-8-9-19(29-3)20(12-16)30-4/h7-9,12,15,18,21-23,26-27H,5-6,10-11,13-14H2,1-4H3/t15-,18-,21+,22+,23-,25+/m0/s1. The summed E-state index contributed by atoms with van der Waals surface area (Å²) in [7, 11) is 3.26. The average Bonchev–Trinajstić information content (AvgIpc) is 3.08. The second kappa shape index (κ2) is 8.83. The highest BCUT2D eigenvalue weighted by atomic mass is 16.6. The molecule has 0 amide bonds. The Hall–Kier alpha value is -2.05.